The lowest BCUT2D eigenvalue weighted by Crippen LogP contribution is -2.18. The van der Waals surface area contributed by atoms with Crippen molar-refractivity contribution in [2.75, 3.05) is 0 Å². The molecule has 0 saturated carbocycles. The lowest BCUT2D eigenvalue weighted by Gasteiger charge is -2.12. The second kappa shape index (κ2) is 5.09. The summed E-state index contributed by atoms with van der Waals surface area (Å²) >= 11 is 0. The smallest absolute Gasteiger partial charge is 0.146 e. The highest BCUT2D eigenvalue weighted by Gasteiger charge is 2.05. The molecule has 6 nitrogen and oxygen atoms in total. The number of imidazole rings is 1. The zero-order chi connectivity index (χ0) is 12.3. The minimum absolute atomic E-state index is 0.434. The first-order chi connectivity index (χ1) is 8.18. The summed E-state index contributed by atoms with van der Waals surface area (Å²) in [5, 5.41) is 11.2. The Kier molecular flexibility index (Phi) is 3.53. The van der Waals surface area contributed by atoms with Crippen molar-refractivity contribution in [1.29, 1.82) is 0 Å². The Morgan fingerprint density at radius 2 is 2.12 bits per heavy atom. The average molecular weight is 234 g/mol. The number of aryl methyl sites for hydroxylation is 1. The van der Waals surface area contributed by atoms with E-state index < -0.39 is 0 Å². The summed E-state index contributed by atoms with van der Waals surface area (Å²) in [5.41, 5.74) is 1.18. The first-order valence-electron chi connectivity index (χ1n) is 5.72. The Labute approximate surface area is 101 Å². The molecule has 2 aromatic rings. The van der Waals surface area contributed by atoms with Gasteiger partial charge in [-0.1, -0.05) is 0 Å². The van der Waals surface area contributed by atoms with E-state index in [1.165, 1.54) is 5.69 Å². The minimum atomic E-state index is 0.434. The van der Waals surface area contributed by atoms with Gasteiger partial charge in [-0.05, 0) is 13.8 Å². The number of aromatic nitrogens is 5. The molecule has 92 valence electrons. The van der Waals surface area contributed by atoms with E-state index in [2.05, 4.69) is 38.9 Å². The molecule has 2 heterocycles. The van der Waals surface area contributed by atoms with Crippen LogP contribution in [0.5, 0.6) is 0 Å². The van der Waals surface area contributed by atoms with Gasteiger partial charge >= 0.3 is 0 Å². The van der Waals surface area contributed by atoms with Crippen molar-refractivity contribution in [3.05, 3.63) is 30.4 Å². The Morgan fingerprint density at radius 3 is 2.76 bits per heavy atom. The number of rotatable bonds is 5. The highest BCUT2D eigenvalue weighted by atomic mass is 15.3. The van der Waals surface area contributed by atoms with Gasteiger partial charge in [-0.2, -0.15) is 0 Å². The maximum atomic E-state index is 4.17. The molecule has 0 spiro atoms. The van der Waals surface area contributed by atoms with E-state index in [0.717, 1.165) is 12.4 Å². The number of nitrogens with zero attached hydrogens (tertiary/aromatic N) is 5. The van der Waals surface area contributed by atoms with Crippen molar-refractivity contribution in [2.24, 2.45) is 7.05 Å². The van der Waals surface area contributed by atoms with Crippen LogP contribution in [0.3, 0.4) is 0 Å². The molecule has 0 aliphatic carbocycles. The third kappa shape index (κ3) is 2.71. The molecule has 0 aliphatic rings. The molecule has 0 amide bonds. The second-order valence-corrected chi connectivity index (χ2v) is 4.35. The zero-order valence-electron chi connectivity index (χ0n) is 10.5. The Morgan fingerprint density at radius 1 is 1.29 bits per heavy atom. The van der Waals surface area contributed by atoms with E-state index >= 15 is 0 Å². The standard InChI is InChI=1S/C11H18N6/c1-9(2)17-7-13-5-10(17)4-12-6-11-15-14-8-16(11)3/h5,7-9,12H,4,6H2,1-3H3. The van der Waals surface area contributed by atoms with Gasteiger partial charge in [0, 0.05) is 25.8 Å². The molecule has 6 heteroatoms. The monoisotopic (exact) mass is 234 g/mol. The first kappa shape index (κ1) is 11.8. The third-order valence-corrected chi connectivity index (χ3v) is 2.70. The molecule has 2 aromatic heterocycles. The first-order valence-corrected chi connectivity index (χ1v) is 5.72. The van der Waals surface area contributed by atoms with Gasteiger partial charge in [0.1, 0.15) is 12.2 Å². The van der Waals surface area contributed by atoms with Gasteiger partial charge < -0.3 is 14.5 Å². The van der Waals surface area contributed by atoms with Crippen molar-refractivity contribution >= 4 is 0 Å². The van der Waals surface area contributed by atoms with Crippen molar-refractivity contribution in [1.82, 2.24) is 29.6 Å². The second-order valence-electron chi connectivity index (χ2n) is 4.35. The molecule has 0 fully saturated rings. The van der Waals surface area contributed by atoms with E-state index in [9.17, 15) is 0 Å². The van der Waals surface area contributed by atoms with E-state index in [1.807, 2.05) is 24.1 Å². The summed E-state index contributed by atoms with van der Waals surface area (Å²) in [6.45, 7) is 5.78. The van der Waals surface area contributed by atoms with Crippen LogP contribution in [0, 0.1) is 0 Å². The largest absolute Gasteiger partial charge is 0.331 e. The van der Waals surface area contributed by atoms with Crippen LogP contribution in [0.2, 0.25) is 0 Å². The highest BCUT2D eigenvalue weighted by Crippen LogP contribution is 2.08. The highest BCUT2D eigenvalue weighted by molar-refractivity contribution is 4.99. The van der Waals surface area contributed by atoms with Crippen molar-refractivity contribution < 1.29 is 0 Å². The van der Waals surface area contributed by atoms with Gasteiger partial charge in [-0.3, -0.25) is 0 Å². The molecule has 0 atom stereocenters. The van der Waals surface area contributed by atoms with E-state index in [4.69, 9.17) is 0 Å². The molecule has 17 heavy (non-hydrogen) atoms. The van der Waals surface area contributed by atoms with E-state index in [0.29, 0.717) is 12.6 Å². The summed E-state index contributed by atoms with van der Waals surface area (Å²) in [7, 11) is 1.94. The van der Waals surface area contributed by atoms with Crippen LogP contribution in [0.25, 0.3) is 0 Å². The van der Waals surface area contributed by atoms with Gasteiger partial charge in [0.25, 0.3) is 0 Å². The molecule has 2 rings (SSSR count). The summed E-state index contributed by atoms with van der Waals surface area (Å²) in [6, 6.07) is 0.434. The quantitative estimate of drug-likeness (QED) is 0.834. The summed E-state index contributed by atoms with van der Waals surface area (Å²) in [4.78, 5) is 4.17. The maximum Gasteiger partial charge on any atom is 0.146 e. The molecular weight excluding hydrogens is 216 g/mol. The summed E-state index contributed by atoms with van der Waals surface area (Å²) in [6.07, 6.45) is 5.46. The predicted octanol–water partition coefficient (Wildman–Crippen LogP) is 0.882. The predicted molar refractivity (Wildman–Crippen MR) is 64.2 cm³/mol. The molecule has 1 N–H and O–H groups in total. The third-order valence-electron chi connectivity index (χ3n) is 2.70. The summed E-state index contributed by atoms with van der Waals surface area (Å²) in [5.74, 6) is 0.931. The molecular formula is C11H18N6. The normalized spacial score (nSPS) is 11.3. The van der Waals surface area contributed by atoms with Crippen LogP contribution in [-0.4, -0.2) is 24.3 Å². The van der Waals surface area contributed by atoms with Gasteiger partial charge in [-0.15, -0.1) is 10.2 Å². The Hall–Kier alpha value is -1.69. The van der Waals surface area contributed by atoms with Crippen LogP contribution in [0.4, 0.5) is 0 Å². The van der Waals surface area contributed by atoms with Gasteiger partial charge in [0.05, 0.1) is 18.6 Å². The van der Waals surface area contributed by atoms with Crippen LogP contribution in [0.1, 0.15) is 31.4 Å². The number of hydrogen-bond acceptors (Lipinski definition) is 4. The summed E-state index contributed by atoms with van der Waals surface area (Å²) < 4.78 is 4.07. The van der Waals surface area contributed by atoms with Crippen molar-refractivity contribution in [3.8, 4) is 0 Å². The molecule has 0 unspecified atom stereocenters. The van der Waals surface area contributed by atoms with Gasteiger partial charge in [0.15, 0.2) is 0 Å². The fraction of sp³-hybridized carbons (Fsp3) is 0.545. The van der Waals surface area contributed by atoms with Gasteiger partial charge in [-0.25, -0.2) is 4.98 Å². The fourth-order valence-electron chi connectivity index (χ4n) is 1.70. The van der Waals surface area contributed by atoms with Crippen LogP contribution in [0.15, 0.2) is 18.9 Å². The van der Waals surface area contributed by atoms with E-state index in [1.54, 1.807) is 6.33 Å². The minimum Gasteiger partial charge on any atom is -0.331 e. The Balaban J connectivity index is 1.90. The van der Waals surface area contributed by atoms with Crippen LogP contribution in [-0.2, 0) is 20.1 Å². The zero-order valence-corrected chi connectivity index (χ0v) is 10.5. The molecule has 0 bridgehead atoms. The molecule has 0 aromatic carbocycles. The Bertz CT molecular complexity index is 470. The topological polar surface area (TPSA) is 60.6 Å². The van der Waals surface area contributed by atoms with Gasteiger partial charge in [0.2, 0.25) is 0 Å². The lowest BCUT2D eigenvalue weighted by molar-refractivity contribution is 0.543. The molecule has 0 radical (unpaired) electrons. The lowest BCUT2D eigenvalue weighted by atomic mass is 10.3. The maximum absolute atomic E-state index is 4.17. The van der Waals surface area contributed by atoms with Crippen molar-refractivity contribution in [3.63, 3.8) is 0 Å². The molecule has 0 saturated heterocycles. The average Bonchev–Trinajstić information content (AvgIpc) is 2.88. The number of hydrogen-bond donors (Lipinski definition) is 1. The van der Waals surface area contributed by atoms with Crippen molar-refractivity contribution in [2.45, 2.75) is 33.0 Å². The van der Waals surface area contributed by atoms with Crippen LogP contribution >= 0.6 is 0 Å². The fourth-order valence-corrected chi connectivity index (χ4v) is 1.70. The van der Waals surface area contributed by atoms with E-state index in [-0.39, 0.29) is 0 Å². The number of nitrogens with one attached hydrogen (secondary N) is 1. The SMILES string of the molecule is CC(C)n1cncc1CNCc1nncn1C. The molecule has 0 aliphatic heterocycles. The van der Waals surface area contributed by atoms with Crippen LogP contribution < -0.4 is 5.32 Å².